The Morgan fingerprint density at radius 1 is 1.03 bits per heavy atom. The molecule has 0 unspecified atom stereocenters. The standard InChI is InChI=1S/C26H35ClN2O3/c1-5-20(4)28-26(31)24(6-2)29(18-21-11-9-19(3)10-12-21)25(30)8-7-17-32-23-15-13-22(27)14-16-23/h9-16,20,24H,5-8,17-18H2,1-4H3,(H,28,31)/t20-,24+/m1/s1. The van der Waals surface area contributed by atoms with Gasteiger partial charge in [0, 0.05) is 24.0 Å². The molecule has 0 saturated carbocycles. The van der Waals surface area contributed by atoms with Crippen molar-refractivity contribution in [3.05, 3.63) is 64.7 Å². The van der Waals surface area contributed by atoms with Gasteiger partial charge in [-0.25, -0.2) is 0 Å². The van der Waals surface area contributed by atoms with Crippen LogP contribution >= 0.6 is 11.6 Å². The Morgan fingerprint density at radius 2 is 1.69 bits per heavy atom. The van der Waals surface area contributed by atoms with Crippen molar-refractivity contribution >= 4 is 23.4 Å². The van der Waals surface area contributed by atoms with E-state index in [4.69, 9.17) is 16.3 Å². The normalized spacial score (nSPS) is 12.7. The van der Waals surface area contributed by atoms with Crippen molar-refractivity contribution in [2.24, 2.45) is 0 Å². The van der Waals surface area contributed by atoms with Crippen molar-refractivity contribution in [2.75, 3.05) is 6.61 Å². The first kappa shape index (κ1) is 25.7. The Balaban J connectivity index is 2.05. The smallest absolute Gasteiger partial charge is 0.243 e. The molecule has 0 saturated heterocycles. The Morgan fingerprint density at radius 3 is 2.28 bits per heavy atom. The zero-order chi connectivity index (χ0) is 23.5. The van der Waals surface area contributed by atoms with Crippen molar-refractivity contribution in [3.8, 4) is 5.75 Å². The van der Waals surface area contributed by atoms with E-state index in [9.17, 15) is 9.59 Å². The van der Waals surface area contributed by atoms with Crippen LogP contribution in [-0.4, -0.2) is 35.4 Å². The molecule has 2 aromatic rings. The van der Waals surface area contributed by atoms with Crippen LogP contribution in [0.25, 0.3) is 0 Å². The van der Waals surface area contributed by atoms with E-state index in [2.05, 4.69) is 5.32 Å². The number of carbonyl (C=O) groups excluding carboxylic acids is 2. The summed E-state index contributed by atoms with van der Waals surface area (Å²) in [6.07, 6.45) is 2.28. The molecule has 2 amide bonds. The number of halogens is 1. The summed E-state index contributed by atoms with van der Waals surface area (Å²) in [6, 6.07) is 14.8. The van der Waals surface area contributed by atoms with Gasteiger partial charge in [-0.15, -0.1) is 0 Å². The first-order valence-corrected chi connectivity index (χ1v) is 11.8. The van der Waals surface area contributed by atoms with E-state index >= 15 is 0 Å². The molecular weight excluding hydrogens is 424 g/mol. The minimum Gasteiger partial charge on any atom is -0.494 e. The molecule has 0 aliphatic heterocycles. The molecule has 2 aromatic carbocycles. The molecule has 0 bridgehead atoms. The predicted molar refractivity (Wildman–Crippen MR) is 130 cm³/mol. The maximum absolute atomic E-state index is 13.2. The van der Waals surface area contributed by atoms with Crippen molar-refractivity contribution in [3.63, 3.8) is 0 Å². The van der Waals surface area contributed by atoms with Crippen LogP contribution in [0.2, 0.25) is 5.02 Å². The maximum Gasteiger partial charge on any atom is 0.243 e. The van der Waals surface area contributed by atoms with E-state index in [1.165, 1.54) is 0 Å². The van der Waals surface area contributed by atoms with Gasteiger partial charge < -0.3 is 15.0 Å². The van der Waals surface area contributed by atoms with Gasteiger partial charge in [0.25, 0.3) is 0 Å². The minimum absolute atomic E-state index is 0.0450. The summed E-state index contributed by atoms with van der Waals surface area (Å²) in [4.78, 5) is 27.9. The zero-order valence-electron chi connectivity index (χ0n) is 19.6. The number of aryl methyl sites for hydroxylation is 1. The largest absolute Gasteiger partial charge is 0.494 e. The zero-order valence-corrected chi connectivity index (χ0v) is 20.3. The SMILES string of the molecule is CC[C@@H](C)NC(=O)[C@H](CC)N(Cc1ccc(C)cc1)C(=O)CCCOc1ccc(Cl)cc1. The summed E-state index contributed by atoms with van der Waals surface area (Å²) in [5.74, 6) is 0.578. The minimum atomic E-state index is -0.505. The molecule has 0 aromatic heterocycles. The van der Waals surface area contributed by atoms with Gasteiger partial charge in [0.05, 0.1) is 6.61 Å². The van der Waals surface area contributed by atoms with Gasteiger partial charge in [-0.1, -0.05) is 55.3 Å². The highest BCUT2D eigenvalue weighted by Crippen LogP contribution is 2.17. The number of rotatable bonds is 12. The number of nitrogens with one attached hydrogen (secondary N) is 1. The number of ether oxygens (including phenoxy) is 1. The molecule has 0 aliphatic rings. The fraction of sp³-hybridized carbons (Fsp3) is 0.462. The van der Waals surface area contributed by atoms with Gasteiger partial charge in [0.15, 0.2) is 0 Å². The van der Waals surface area contributed by atoms with Gasteiger partial charge in [0.1, 0.15) is 11.8 Å². The summed E-state index contributed by atoms with van der Waals surface area (Å²) in [5.41, 5.74) is 2.17. The molecular formula is C26H35ClN2O3. The highest BCUT2D eigenvalue weighted by molar-refractivity contribution is 6.30. The molecule has 5 nitrogen and oxygen atoms in total. The molecule has 2 rings (SSSR count). The van der Waals surface area contributed by atoms with E-state index in [0.717, 1.165) is 23.3 Å². The quantitative estimate of drug-likeness (QED) is 0.425. The lowest BCUT2D eigenvalue weighted by atomic mass is 10.1. The summed E-state index contributed by atoms with van der Waals surface area (Å²) < 4.78 is 5.72. The fourth-order valence-electron chi connectivity index (χ4n) is 3.34. The van der Waals surface area contributed by atoms with Crippen LogP contribution in [0.5, 0.6) is 5.75 Å². The molecule has 0 spiro atoms. The summed E-state index contributed by atoms with van der Waals surface area (Å²) >= 11 is 5.90. The van der Waals surface area contributed by atoms with E-state index < -0.39 is 6.04 Å². The second-order valence-corrected chi connectivity index (χ2v) is 8.59. The molecule has 0 fully saturated rings. The first-order chi connectivity index (χ1) is 15.3. The maximum atomic E-state index is 13.2. The van der Waals surface area contributed by atoms with Gasteiger partial charge >= 0.3 is 0 Å². The van der Waals surface area contributed by atoms with E-state index in [-0.39, 0.29) is 17.9 Å². The van der Waals surface area contributed by atoms with E-state index in [1.54, 1.807) is 29.2 Å². The van der Waals surface area contributed by atoms with Crippen LogP contribution in [0, 0.1) is 6.92 Å². The highest BCUT2D eigenvalue weighted by atomic mass is 35.5. The summed E-state index contributed by atoms with van der Waals surface area (Å²) in [7, 11) is 0. The van der Waals surface area contributed by atoms with Crippen LogP contribution in [0.15, 0.2) is 48.5 Å². The van der Waals surface area contributed by atoms with Crippen LogP contribution < -0.4 is 10.1 Å². The van der Waals surface area contributed by atoms with E-state index in [1.807, 2.05) is 52.0 Å². The molecule has 1 N–H and O–H groups in total. The monoisotopic (exact) mass is 458 g/mol. The average Bonchev–Trinajstić information content (AvgIpc) is 2.78. The van der Waals surface area contributed by atoms with Gasteiger partial charge in [-0.2, -0.15) is 0 Å². The number of hydrogen-bond acceptors (Lipinski definition) is 3. The van der Waals surface area contributed by atoms with Crippen molar-refractivity contribution < 1.29 is 14.3 Å². The van der Waals surface area contributed by atoms with Crippen LogP contribution in [0.1, 0.15) is 57.6 Å². The third-order valence-electron chi connectivity index (χ3n) is 5.48. The third-order valence-corrected chi connectivity index (χ3v) is 5.73. The number of nitrogens with zero attached hydrogens (tertiary/aromatic N) is 1. The lowest BCUT2D eigenvalue weighted by molar-refractivity contribution is -0.141. The number of carbonyl (C=O) groups is 2. The molecule has 0 radical (unpaired) electrons. The van der Waals surface area contributed by atoms with Crippen molar-refractivity contribution in [1.29, 1.82) is 0 Å². The summed E-state index contributed by atoms with van der Waals surface area (Å²) in [6.45, 7) is 8.81. The van der Waals surface area contributed by atoms with Gasteiger partial charge in [0.2, 0.25) is 11.8 Å². The molecule has 32 heavy (non-hydrogen) atoms. The Bertz CT molecular complexity index is 852. The molecule has 174 valence electrons. The van der Waals surface area contributed by atoms with Crippen LogP contribution in [-0.2, 0) is 16.1 Å². The van der Waals surface area contributed by atoms with Gasteiger partial charge in [-0.3, -0.25) is 9.59 Å². The highest BCUT2D eigenvalue weighted by Gasteiger charge is 2.28. The Labute approximate surface area is 197 Å². The number of amides is 2. The topological polar surface area (TPSA) is 58.6 Å². The van der Waals surface area contributed by atoms with Crippen molar-refractivity contribution in [2.45, 2.75) is 72.0 Å². The van der Waals surface area contributed by atoms with Crippen LogP contribution in [0.4, 0.5) is 0 Å². The second-order valence-electron chi connectivity index (χ2n) is 8.16. The number of hydrogen-bond donors (Lipinski definition) is 1. The lowest BCUT2D eigenvalue weighted by Gasteiger charge is -2.31. The molecule has 0 heterocycles. The van der Waals surface area contributed by atoms with Gasteiger partial charge in [-0.05, 0) is 62.9 Å². The first-order valence-electron chi connectivity index (χ1n) is 11.4. The molecule has 6 heteroatoms. The Hall–Kier alpha value is -2.53. The Kier molecular flexibility index (Phi) is 10.5. The molecule has 2 atom stereocenters. The molecule has 0 aliphatic carbocycles. The fourth-order valence-corrected chi connectivity index (χ4v) is 3.46. The second kappa shape index (κ2) is 13.1. The predicted octanol–water partition coefficient (Wildman–Crippen LogP) is 5.53. The van der Waals surface area contributed by atoms with Crippen molar-refractivity contribution in [1.82, 2.24) is 10.2 Å². The number of benzene rings is 2. The lowest BCUT2D eigenvalue weighted by Crippen LogP contribution is -2.50. The van der Waals surface area contributed by atoms with Crippen LogP contribution in [0.3, 0.4) is 0 Å². The third kappa shape index (κ3) is 8.19. The van der Waals surface area contributed by atoms with E-state index in [0.29, 0.717) is 37.4 Å². The summed E-state index contributed by atoms with van der Waals surface area (Å²) in [5, 5.41) is 3.69. The average molecular weight is 459 g/mol.